The second kappa shape index (κ2) is 6.28. The van der Waals surface area contributed by atoms with Gasteiger partial charge in [0.05, 0.1) is 0 Å². The zero-order chi connectivity index (χ0) is 17.4. The van der Waals surface area contributed by atoms with Gasteiger partial charge < -0.3 is 4.52 Å². The number of benzene rings is 2. The summed E-state index contributed by atoms with van der Waals surface area (Å²) in [6.45, 7) is 2.58. The predicted octanol–water partition coefficient (Wildman–Crippen LogP) is 3.80. The summed E-state index contributed by atoms with van der Waals surface area (Å²) in [7, 11) is -3.47. The maximum atomic E-state index is 13.1. The van der Waals surface area contributed by atoms with Crippen molar-refractivity contribution in [1.29, 1.82) is 0 Å². The monoisotopic (exact) mass is 356 g/mol. The number of hydrogen-bond acceptors (Lipinski definition) is 4. The SMILES string of the molecule is Cc1cccc(C2CCCN2S(=O)(=O)Cc2noc3ccccc23)c1. The molecule has 0 N–H and O–H groups in total. The molecular formula is C19H20N2O3S. The molecule has 3 aromatic rings. The Kier molecular flexibility index (Phi) is 4.09. The summed E-state index contributed by atoms with van der Waals surface area (Å²) < 4.78 is 33.0. The van der Waals surface area contributed by atoms with Crippen molar-refractivity contribution in [2.45, 2.75) is 31.6 Å². The van der Waals surface area contributed by atoms with E-state index in [0.29, 0.717) is 17.8 Å². The van der Waals surface area contributed by atoms with Crippen LogP contribution in [0.15, 0.2) is 53.1 Å². The van der Waals surface area contributed by atoms with Crippen molar-refractivity contribution < 1.29 is 12.9 Å². The minimum Gasteiger partial charge on any atom is -0.356 e. The van der Waals surface area contributed by atoms with Crippen molar-refractivity contribution in [2.24, 2.45) is 0 Å². The molecule has 0 amide bonds. The summed E-state index contributed by atoms with van der Waals surface area (Å²) in [4.78, 5) is 0. The fourth-order valence-corrected chi connectivity index (χ4v) is 5.32. The van der Waals surface area contributed by atoms with E-state index in [1.165, 1.54) is 0 Å². The molecule has 0 saturated carbocycles. The highest BCUT2D eigenvalue weighted by molar-refractivity contribution is 7.88. The predicted molar refractivity (Wildman–Crippen MR) is 96.5 cm³/mol. The number of hydrogen-bond donors (Lipinski definition) is 0. The number of rotatable bonds is 4. The zero-order valence-corrected chi connectivity index (χ0v) is 14.9. The average molecular weight is 356 g/mol. The quantitative estimate of drug-likeness (QED) is 0.713. The molecule has 0 radical (unpaired) electrons. The van der Waals surface area contributed by atoms with Crippen LogP contribution < -0.4 is 0 Å². The Hall–Kier alpha value is -2.18. The van der Waals surface area contributed by atoms with Gasteiger partial charge in [0.25, 0.3) is 0 Å². The maximum Gasteiger partial charge on any atom is 0.220 e. The molecule has 6 heteroatoms. The lowest BCUT2D eigenvalue weighted by Crippen LogP contribution is -2.31. The smallest absolute Gasteiger partial charge is 0.220 e. The van der Waals surface area contributed by atoms with E-state index in [4.69, 9.17) is 4.52 Å². The standard InChI is InChI=1S/C19H20N2O3S/c1-14-6-4-7-15(12-14)18-9-5-11-21(18)25(22,23)13-17-16-8-2-3-10-19(16)24-20-17/h2-4,6-8,10,12,18H,5,9,11,13H2,1H3. The number of para-hydroxylation sites is 1. The minimum absolute atomic E-state index is 0.0944. The number of fused-ring (bicyclic) bond motifs is 1. The van der Waals surface area contributed by atoms with E-state index in [2.05, 4.69) is 11.2 Å². The molecule has 1 atom stereocenters. The summed E-state index contributed by atoms with van der Waals surface area (Å²) in [5.74, 6) is -0.133. The Balaban J connectivity index is 1.65. The number of sulfonamides is 1. The Bertz CT molecular complexity index is 1010. The zero-order valence-electron chi connectivity index (χ0n) is 14.1. The summed E-state index contributed by atoms with van der Waals surface area (Å²) in [6, 6.07) is 15.4. The van der Waals surface area contributed by atoms with Crippen molar-refractivity contribution in [3.05, 3.63) is 65.4 Å². The fourth-order valence-electron chi connectivity index (χ4n) is 3.58. The van der Waals surface area contributed by atoms with Gasteiger partial charge in [-0.25, -0.2) is 8.42 Å². The molecule has 130 valence electrons. The topological polar surface area (TPSA) is 63.4 Å². The fraction of sp³-hybridized carbons (Fsp3) is 0.316. The van der Waals surface area contributed by atoms with Crippen molar-refractivity contribution >= 4 is 21.0 Å². The molecule has 1 fully saturated rings. The van der Waals surface area contributed by atoms with E-state index in [-0.39, 0.29) is 11.8 Å². The van der Waals surface area contributed by atoms with Gasteiger partial charge in [-0.3, -0.25) is 0 Å². The van der Waals surface area contributed by atoms with Gasteiger partial charge in [-0.1, -0.05) is 47.1 Å². The van der Waals surface area contributed by atoms with E-state index in [0.717, 1.165) is 29.4 Å². The number of aromatic nitrogens is 1. The molecular weight excluding hydrogens is 336 g/mol. The first kappa shape index (κ1) is 16.3. The average Bonchev–Trinajstić information content (AvgIpc) is 3.23. The molecule has 1 unspecified atom stereocenters. The highest BCUT2D eigenvalue weighted by Gasteiger charge is 2.36. The first-order chi connectivity index (χ1) is 12.0. The van der Waals surface area contributed by atoms with Gasteiger partial charge >= 0.3 is 0 Å². The molecule has 2 heterocycles. The van der Waals surface area contributed by atoms with Gasteiger partial charge in [-0.15, -0.1) is 0 Å². The molecule has 4 rings (SSSR count). The van der Waals surface area contributed by atoms with Gasteiger partial charge in [0.2, 0.25) is 10.0 Å². The molecule has 0 aliphatic carbocycles. The first-order valence-corrected chi connectivity index (χ1v) is 10.0. The highest BCUT2D eigenvalue weighted by atomic mass is 32.2. The molecule has 2 aromatic carbocycles. The largest absolute Gasteiger partial charge is 0.356 e. The highest BCUT2D eigenvalue weighted by Crippen LogP contribution is 2.36. The van der Waals surface area contributed by atoms with E-state index in [1.54, 1.807) is 10.4 Å². The first-order valence-electron chi connectivity index (χ1n) is 8.44. The van der Waals surface area contributed by atoms with Crippen LogP contribution in [-0.2, 0) is 15.8 Å². The van der Waals surface area contributed by atoms with Crippen molar-refractivity contribution in [3.63, 3.8) is 0 Å². The number of aryl methyl sites for hydroxylation is 1. The second-order valence-corrected chi connectivity index (χ2v) is 8.49. The van der Waals surface area contributed by atoms with Gasteiger partial charge in [-0.05, 0) is 37.5 Å². The Morgan fingerprint density at radius 3 is 2.88 bits per heavy atom. The van der Waals surface area contributed by atoms with Crippen LogP contribution in [0.2, 0.25) is 0 Å². The third-order valence-electron chi connectivity index (χ3n) is 4.76. The number of nitrogens with zero attached hydrogens (tertiary/aromatic N) is 2. The molecule has 1 aliphatic heterocycles. The normalized spacial score (nSPS) is 18.8. The van der Waals surface area contributed by atoms with E-state index in [9.17, 15) is 8.42 Å². The van der Waals surface area contributed by atoms with Gasteiger partial charge in [-0.2, -0.15) is 4.31 Å². The Morgan fingerprint density at radius 2 is 2.04 bits per heavy atom. The van der Waals surface area contributed by atoms with Crippen LogP contribution >= 0.6 is 0 Å². The van der Waals surface area contributed by atoms with Crippen molar-refractivity contribution in [1.82, 2.24) is 9.46 Å². The van der Waals surface area contributed by atoms with Crippen LogP contribution in [0.4, 0.5) is 0 Å². The van der Waals surface area contributed by atoms with Gasteiger partial charge in [0.15, 0.2) is 5.58 Å². The lowest BCUT2D eigenvalue weighted by molar-refractivity contribution is 0.394. The molecule has 1 aromatic heterocycles. The summed E-state index contributed by atoms with van der Waals surface area (Å²) in [5, 5.41) is 4.74. The Labute approximate surface area is 147 Å². The minimum atomic E-state index is -3.47. The van der Waals surface area contributed by atoms with Crippen LogP contribution in [0.25, 0.3) is 11.0 Å². The molecule has 1 saturated heterocycles. The lowest BCUT2D eigenvalue weighted by Gasteiger charge is -2.24. The second-order valence-electron chi connectivity index (χ2n) is 6.56. The maximum absolute atomic E-state index is 13.1. The third-order valence-corrected chi connectivity index (χ3v) is 6.55. The van der Waals surface area contributed by atoms with Crippen LogP contribution in [0, 0.1) is 6.92 Å². The van der Waals surface area contributed by atoms with Crippen LogP contribution in [0.3, 0.4) is 0 Å². The molecule has 0 spiro atoms. The van der Waals surface area contributed by atoms with Gasteiger partial charge in [0, 0.05) is 18.0 Å². The van der Waals surface area contributed by atoms with Crippen LogP contribution in [0.5, 0.6) is 0 Å². The molecule has 25 heavy (non-hydrogen) atoms. The van der Waals surface area contributed by atoms with Crippen molar-refractivity contribution in [3.8, 4) is 0 Å². The molecule has 1 aliphatic rings. The van der Waals surface area contributed by atoms with Crippen LogP contribution in [-0.4, -0.2) is 24.4 Å². The summed E-state index contributed by atoms with van der Waals surface area (Å²) in [5.41, 5.74) is 3.30. The van der Waals surface area contributed by atoms with Crippen molar-refractivity contribution in [2.75, 3.05) is 6.54 Å². The Morgan fingerprint density at radius 1 is 1.20 bits per heavy atom. The molecule has 5 nitrogen and oxygen atoms in total. The summed E-state index contributed by atoms with van der Waals surface area (Å²) >= 11 is 0. The third kappa shape index (κ3) is 3.07. The van der Waals surface area contributed by atoms with E-state index >= 15 is 0 Å². The lowest BCUT2D eigenvalue weighted by atomic mass is 10.0. The van der Waals surface area contributed by atoms with E-state index < -0.39 is 10.0 Å². The van der Waals surface area contributed by atoms with E-state index in [1.807, 2.05) is 43.3 Å². The summed E-state index contributed by atoms with van der Waals surface area (Å²) in [6.07, 6.45) is 1.72. The van der Waals surface area contributed by atoms with Gasteiger partial charge in [0.1, 0.15) is 11.4 Å². The van der Waals surface area contributed by atoms with Crippen LogP contribution in [0.1, 0.15) is 35.7 Å². The molecule has 0 bridgehead atoms.